The minimum Gasteiger partial charge on any atom is -0.351 e. The number of rotatable bonds is 3. The molecule has 0 spiro atoms. The van der Waals surface area contributed by atoms with E-state index < -0.39 is 5.41 Å². The van der Waals surface area contributed by atoms with Gasteiger partial charge in [-0.3, -0.25) is 4.79 Å². The van der Waals surface area contributed by atoms with Crippen LogP contribution in [0.4, 0.5) is 0 Å². The number of nitrogens with zero attached hydrogens (tertiary/aromatic N) is 1. The molecule has 1 aliphatic rings. The Hall–Kier alpha value is -1.34. The molecule has 0 saturated heterocycles. The largest absolute Gasteiger partial charge is 0.351 e. The van der Waals surface area contributed by atoms with Crippen molar-refractivity contribution in [3.8, 4) is 6.07 Å². The topological polar surface area (TPSA) is 52.9 Å². The third-order valence-corrected chi connectivity index (χ3v) is 3.75. The van der Waals surface area contributed by atoms with E-state index in [-0.39, 0.29) is 5.91 Å². The quantitative estimate of drug-likeness (QED) is 0.931. The van der Waals surface area contributed by atoms with E-state index in [1.807, 2.05) is 24.3 Å². The number of nitrogens with one attached hydrogen (secondary N) is 1. The molecule has 88 valence electrons. The number of halogens is 1. The molecule has 17 heavy (non-hydrogen) atoms. The van der Waals surface area contributed by atoms with Gasteiger partial charge in [-0.05, 0) is 37.0 Å². The molecular weight excluding hydrogens is 280 g/mol. The van der Waals surface area contributed by atoms with E-state index in [0.29, 0.717) is 19.4 Å². The normalized spacial score (nSPS) is 16.7. The van der Waals surface area contributed by atoms with Crippen LogP contribution in [-0.4, -0.2) is 5.91 Å². The molecule has 3 nitrogen and oxygen atoms in total. The monoisotopic (exact) mass is 292 g/mol. The second kappa shape index (κ2) is 4.89. The average Bonchev–Trinajstić information content (AvgIpc) is 2.27. The van der Waals surface area contributed by atoms with Gasteiger partial charge in [-0.2, -0.15) is 5.26 Å². The Bertz CT molecular complexity index is 457. The summed E-state index contributed by atoms with van der Waals surface area (Å²) in [6, 6.07) is 9.91. The summed E-state index contributed by atoms with van der Waals surface area (Å²) in [6.45, 7) is 0.482. The smallest absolute Gasteiger partial charge is 0.240 e. The molecule has 1 aromatic carbocycles. The molecule has 1 aliphatic carbocycles. The first-order valence-electron chi connectivity index (χ1n) is 5.60. The predicted octanol–water partition coefficient (Wildman–Crippen LogP) is 2.76. The van der Waals surface area contributed by atoms with E-state index in [0.717, 1.165) is 16.5 Å². The van der Waals surface area contributed by atoms with E-state index in [4.69, 9.17) is 5.26 Å². The fourth-order valence-electron chi connectivity index (χ4n) is 1.87. The van der Waals surface area contributed by atoms with Crippen molar-refractivity contribution < 1.29 is 4.79 Å². The maximum Gasteiger partial charge on any atom is 0.240 e. The summed E-state index contributed by atoms with van der Waals surface area (Å²) in [4.78, 5) is 11.9. The van der Waals surface area contributed by atoms with Gasteiger partial charge in [0.25, 0.3) is 0 Å². The standard InChI is InChI=1S/C13H13BrN2O/c14-11-4-2-10(3-5-11)8-16-12(17)13(9-15)6-1-7-13/h2-5H,1,6-8H2,(H,16,17). The van der Waals surface area contributed by atoms with Gasteiger partial charge in [0.15, 0.2) is 0 Å². The van der Waals surface area contributed by atoms with Crippen molar-refractivity contribution in [2.75, 3.05) is 0 Å². The van der Waals surface area contributed by atoms with Gasteiger partial charge < -0.3 is 5.32 Å². The number of hydrogen-bond acceptors (Lipinski definition) is 2. The zero-order chi connectivity index (χ0) is 12.3. The lowest BCUT2D eigenvalue weighted by Gasteiger charge is -2.33. The van der Waals surface area contributed by atoms with Gasteiger partial charge in [0.2, 0.25) is 5.91 Å². The van der Waals surface area contributed by atoms with Crippen molar-refractivity contribution in [3.05, 3.63) is 34.3 Å². The summed E-state index contributed by atoms with van der Waals surface area (Å²) >= 11 is 3.36. The molecule has 0 bridgehead atoms. The summed E-state index contributed by atoms with van der Waals surface area (Å²) in [6.07, 6.45) is 2.35. The summed E-state index contributed by atoms with van der Waals surface area (Å²) in [7, 11) is 0. The Morgan fingerprint density at radius 3 is 2.53 bits per heavy atom. The summed E-state index contributed by atoms with van der Waals surface area (Å²) in [5.41, 5.74) is 0.281. The Morgan fingerprint density at radius 1 is 1.41 bits per heavy atom. The van der Waals surface area contributed by atoms with Crippen molar-refractivity contribution in [2.45, 2.75) is 25.8 Å². The first kappa shape index (κ1) is 12.1. The number of nitriles is 1. The van der Waals surface area contributed by atoms with Gasteiger partial charge in [0.1, 0.15) is 5.41 Å². The number of carbonyl (C=O) groups excluding carboxylic acids is 1. The highest BCUT2D eigenvalue weighted by Gasteiger charge is 2.44. The molecule has 0 aromatic heterocycles. The number of amides is 1. The molecule has 2 rings (SSSR count). The fraction of sp³-hybridized carbons (Fsp3) is 0.385. The number of benzene rings is 1. The van der Waals surface area contributed by atoms with Crippen LogP contribution in [0.2, 0.25) is 0 Å². The molecule has 0 unspecified atom stereocenters. The lowest BCUT2D eigenvalue weighted by atomic mass is 9.69. The maximum absolute atomic E-state index is 11.9. The van der Waals surface area contributed by atoms with E-state index in [9.17, 15) is 4.79 Å². The van der Waals surface area contributed by atoms with Gasteiger partial charge in [0, 0.05) is 11.0 Å². The van der Waals surface area contributed by atoms with Gasteiger partial charge in [0.05, 0.1) is 6.07 Å². The second-order valence-corrected chi connectivity index (χ2v) is 5.27. The average molecular weight is 293 g/mol. The minimum atomic E-state index is -0.755. The summed E-state index contributed by atoms with van der Waals surface area (Å²) < 4.78 is 1.01. The van der Waals surface area contributed by atoms with Gasteiger partial charge >= 0.3 is 0 Å². The van der Waals surface area contributed by atoms with Crippen LogP contribution in [0.5, 0.6) is 0 Å². The summed E-state index contributed by atoms with van der Waals surface area (Å²) in [5.74, 6) is -0.130. The van der Waals surface area contributed by atoms with E-state index in [2.05, 4.69) is 27.3 Å². The molecule has 0 radical (unpaired) electrons. The third-order valence-electron chi connectivity index (χ3n) is 3.22. The molecule has 1 amide bonds. The second-order valence-electron chi connectivity index (χ2n) is 4.36. The highest BCUT2D eigenvalue weighted by molar-refractivity contribution is 9.10. The van der Waals surface area contributed by atoms with Crippen LogP contribution in [0.25, 0.3) is 0 Å². The van der Waals surface area contributed by atoms with Crippen LogP contribution in [0.15, 0.2) is 28.7 Å². The van der Waals surface area contributed by atoms with Gasteiger partial charge in [-0.25, -0.2) is 0 Å². The molecule has 1 fully saturated rings. The number of carbonyl (C=O) groups is 1. The SMILES string of the molecule is N#CC1(C(=O)NCc2ccc(Br)cc2)CCC1. The Balaban J connectivity index is 1.92. The fourth-order valence-corrected chi connectivity index (χ4v) is 2.14. The van der Waals surface area contributed by atoms with Crippen molar-refractivity contribution in [1.29, 1.82) is 5.26 Å². The molecule has 0 atom stereocenters. The van der Waals surface area contributed by atoms with E-state index >= 15 is 0 Å². The molecule has 0 heterocycles. The molecule has 0 aliphatic heterocycles. The highest BCUT2D eigenvalue weighted by Crippen LogP contribution is 2.40. The first-order chi connectivity index (χ1) is 8.16. The zero-order valence-electron chi connectivity index (χ0n) is 9.37. The number of hydrogen-bond donors (Lipinski definition) is 1. The van der Waals surface area contributed by atoms with Crippen LogP contribution < -0.4 is 5.32 Å². The highest BCUT2D eigenvalue weighted by atomic mass is 79.9. The minimum absolute atomic E-state index is 0.130. The molecule has 1 saturated carbocycles. The molecule has 1 aromatic rings. The predicted molar refractivity (Wildman–Crippen MR) is 67.9 cm³/mol. The molecule has 1 N–H and O–H groups in total. The van der Waals surface area contributed by atoms with Gasteiger partial charge in [-0.1, -0.05) is 28.1 Å². The van der Waals surface area contributed by atoms with Crippen LogP contribution in [-0.2, 0) is 11.3 Å². The van der Waals surface area contributed by atoms with Crippen LogP contribution in [0, 0.1) is 16.7 Å². The lowest BCUT2D eigenvalue weighted by Crippen LogP contribution is -2.44. The van der Waals surface area contributed by atoms with Crippen molar-refractivity contribution >= 4 is 21.8 Å². The van der Waals surface area contributed by atoms with Crippen LogP contribution >= 0.6 is 15.9 Å². The Kier molecular flexibility index (Phi) is 3.49. The summed E-state index contributed by atoms with van der Waals surface area (Å²) in [5, 5.41) is 11.9. The lowest BCUT2D eigenvalue weighted by molar-refractivity contribution is -0.131. The third kappa shape index (κ3) is 2.50. The van der Waals surface area contributed by atoms with E-state index in [1.54, 1.807) is 0 Å². The molecular formula is C13H13BrN2O. The Labute approximate surface area is 109 Å². The first-order valence-corrected chi connectivity index (χ1v) is 6.40. The zero-order valence-corrected chi connectivity index (χ0v) is 11.0. The molecule has 4 heteroatoms. The van der Waals surface area contributed by atoms with Crippen molar-refractivity contribution in [3.63, 3.8) is 0 Å². The Morgan fingerprint density at radius 2 is 2.06 bits per heavy atom. The van der Waals surface area contributed by atoms with E-state index in [1.165, 1.54) is 0 Å². The van der Waals surface area contributed by atoms with Crippen molar-refractivity contribution in [1.82, 2.24) is 5.32 Å². The van der Waals surface area contributed by atoms with Gasteiger partial charge in [-0.15, -0.1) is 0 Å². The van der Waals surface area contributed by atoms with Crippen molar-refractivity contribution in [2.24, 2.45) is 5.41 Å². The maximum atomic E-state index is 11.9. The van der Waals surface area contributed by atoms with Crippen LogP contribution in [0.3, 0.4) is 0 Å². The van der Waals surface area contributed by atoms with Crippen LogP contribution in [0.1, 0.15) is 24.8 Å².